The van der Waals surface area contributed by atoms with Crippen LogP contribution >= 0.6 is 0 Å². The van der Waals surface area contributed by atoms with E-state index in [1.807, 2.05) is 55.6 Å². The number of ether oxygens (including phenoxy) is 5. The van der Waals surface area contributed by atoms with Gasteiger partial charge in [-0.15, -0.1) is 0 Å². The molecule has 3 aliphatic rings. The summed E-state index contributed by atoms with van der Waals surface area (Å²) in [5.74, 6) is 2.17. The molecule has 2 N–H and O–H groups in total. The second-order valence-corrected chi connectivity index (χ2v) is 14.3. The molecular formula is C46H45FmN6O9-. The average molecular weight is 1080 g/mol. The average Bonchev–Trinajstić information content (AvgIpc) is 3.89. The molecule has 0 saturated heterocycles. The Bertz CT molecular complexity index is 2420. The van der Waals surface area contributed by atoms with Crippen LogP contribution in [-0.4, -0.2) is 100 Å². The molecule has 16 heteroatoms. The minimum atomic E-state index is -0.371. The number of nitrogens with one attached hydrogen (secondary N) is 2. The summed E-state index contributed by atoms with van der Waals surface area (Å²) in [4.78, 5) is 60.8. The summed E-state index contributed by atoms with van der Waals surface area (Å²) in [6, 6.07) is 21.5. The van der Waals surface area contributed by atoms with Gasteiger partial charge in [0.05, 0.1) is 70.1 Å². The molecule has 4 amide bonds. The van der Waals surface area contributed by atoms with Crippen molar-refractivity contribution in [1.29, 1.82) is 0 Å². The summed E-state index contributed by atoms with van der Waals surface area (Å²) in [5.41, 5.74) is 6.90. The molecule has 0 spiro atoms. The van der Waals surface area contributed by atoms with Crippen molar-refractivity contribution < 1.29 is 42.9 Å². The predicted octanol–water partition coefficient (Wildman–Crippen LogP) is 6.41. The number of anilines is 1. The fraction of sp³-hybridized carbons (Fsp3) is 0.261. The largest absolute Gasteiger partial charge is 0.522 e. The summed E-state index contributed by atoms with van der Waals surface area (Å²) in [7, 11) is 4.74. The topological polar surface area (TPSA) is 170 Å². The Morgan fingerprint density at radius 3 is 2.19 bits per heavy atom. The molecule has 0 bridgehead atoms. The Morgan fingerprint density at radius 2 is 1.53 bits per heavy atom. The number of methoxy groups -OCH3 is 3. The first-order chi connectivity index (χ1) is 29.7. The molecule has 2 atom stereocenters. The van der Waals surface area contributed by atoms with Crippen molar-refractivity contribution in [3.63, 3.8) is 0 Å². The number of hydrogen-bond acceptors (Lipinski definition) is 11. The van der Waals surface area contributed by atoms with Crippen molar-refractivity contribution in [2.75, 3.05) is 46.4 Å². The van der Waals surface area contributed by atoms with E-state index in [-0.39, 0.29) is 30.4 Å². The number of aliphatic imine (C=N–C) groups is 2. The Morgan fingerprint density at radius 1 is 0.871 bits per heavy atom. The molecule has 0 aromatic heterocycles. The van der Waals surface area contributed by atoms with Gasteiger partial charge in [-0.3, -0.25) is 24.4 Å². The molecule has 15 nitrogen and oxygen atoms in total. The zero-order chi connectivity index (χ0) is 42.9. The van der Waals surface area contributed by atoms with Gasteiger partial charge in [0.2, 0.25) is 12.3 Å². The zero-order valence-corrected chi connectivity index (χ0v) is 36.9. The van der Waals surface area contributed by atoms with Gasteiger partial charge in [0.1, 0.15) is 5.75 Å². The molecule has 0 saturated carbocycles. The van der Waals surface area contributed by atoms with Gasteiger partial charge >= 0.3 is 0 Å². The van der Waals surface area contributed by atoms with Crippen LogP contribution in [0.1, 0.15) is 46.3 Å². The van der Waals surface area contributed by atoms with Crippen LogP contribution in [0.2, 0.25) is 0 Å². The van der Waals surface area contributed by atoms with Crippen molar-refractivity contribution in [2.24, 2.45) is 9.98 Å². The Balaban J connectivity index is 0.00000641. The minimum Gasteiger partial charge on any atom is -0.522 e. The number of carbonyl (C=O) groups is 3. The zero-order valence-electron chi connectivity index (χ0n) is 34.5. The van der Waals surface area contributed by atoms with Crippen LogP contribution in [-0.2, 0) is 14.4 Å². The maximum atomic E-state index is 13.8. The van der Waals surface area contributed by atoms with Gasteiger partial charge in [-0.25, -0.2) is 0 Å². The molecule has 7 rings (SSSR count). The summed E-state index contributed by atoms with van der Waals surface area (Å²) in [5, 5.41) is 4.90. The molecule has 4 aromatic carbocycles. The Kier molecular flexibility index (Phi) is 13.6. The number of nitrogens with zero attached hydrogens (tertiary/aromatic N) is 4. The van der Waals surface area contributed by atoms with Crippen LogP contribution in [0.25, 0.3) is 11.1 Å². The number of amides is 4. The fourth-order valence-corrected chi connectivity index (χ4v) is 7.21. The van der Waals surface area contributed by atoms with Gasteiger partial charge < -0.3 is 48.9 Å². The van der Waals surface area contributed by atoms with Crippen LogP contribution in [0.4, 0.5) is 17.1 Å². The maximum absolute atomic E-state index is 13.8. The van der Waals surface area contributed by atoms with Crippen molar-refractivity contribution in [3.8, 4) is 28.7 Å². The summed E-state index contributed by atoms with van der Waals surface area (Å²) < 4.78 is 28.8. The molecule has 2 unspecified atom stereocenters. The molecule has 3 aliphatic heterocycles. The fourth-order valence-electron chi connectivity index (χ4n) is 7.21. The van der Waals surface area contributed by atoms with E-state index in [1.165, 1.54) is 13.5 Å². The number of aryl methyl sites for hydroxylation is 1. The second-order valence-electron chi connectivity index (χ2n) is 14.3. The van der Waals surface area contributed by atoms with E-state index in [0.717, 1.165) is 40.0 Å². The third kappa shape index (κ3) is 9.54. The summed E-state index contributed by atoms with van der Waals surface area (Å²) >= 11 is 0. The molecule has 326 valence electrons. The van der Waals surface area contributed by atoms with E-state index in [2.05, 4.69) is 10.6 Å². The summed E-state index contributed by atoms with van der Waals surface area (Å²) in [6.07, 6.45) is 11.1. The van der Waals surface area contributed by atoms with Crippen LogP contribution in [0.15, 0.2) is 95.2 Å². The van der Waals surface area contributed by atoms with Gasteiger partial charge in [0.25, 0.3) is 5.91 Å². The molecule has 0 fully saturated rings. The van der Waals surface area contributed by atoms with E-state index in [0.29, 0.717) is 78.1 Å². The molecule has 0 radical (unpaired) electrons. The van der Waals surface area contributed by atoms with Crippen LogP contribution in [0.3, 0.4) is 0 Å². The molecular weight excluding hydrogens is 1040 g/mol. The van der Waals surface area contributed by atoms with E-state index in [9.17, 15) is 19.2 Å². The monoisotopic (exact) mass is 1080 g/mol. The van der Waals surface area contributed by atoms with Crippen LogP contribution < -0.4 is 34.3 Å². The van der Waals surface area contributed by atoms with E-state index in [1.54, 1.807) is 73.0 Å². The Labute approximate surface area is 353 Å². The maximum Gasteiger partial charge on any atom is 0.260 e. The van der Waals surface area contributed by atoms with Crippen LogP contribution in [0, 0.1) is 6.92 Å². The van der Waals surface area contributed by atoms with Crippen molar-refractivity contribution in [2.45, 2.75) is 38.3 Å². The second kappa shape index (κ2) is 19.6. The molecule has 3 heterocycles. The van der Waals surface area contributed by atoms with E-state index >= 15 is 0 Å². The third-order valence-corrected chi connectivity index (χ3v) is 10.4. The van der Waals surface area contributed by atoms with Crippen molar-refractivity contribution in [1.82, 2.24) is 15.1 Å². The van der Waals surface area contributed by atoms with Gasteiger partial charge in [0.15, 0.2) is 23.0 Å². The van der Waals surface area contributed by atoms with E-state index < -0.39 is 0 Å². The van der Waals surface area contributed by atoms with Gasteiger partial charge in [0, 0.05) is 61.9 Å². The smallest absolute Gasteiger partial charge is 0.260 e. The predicted molar refractivity (Wildman–Crippen MR) is 231 cm³/mol. The van der Waals surface area contributed by atoms with Crippen molar-refractivity contribution in [3.05, 3.63) is 107 Å². The molecule has 4 aromatic rings. The first kappa shape index (κ1) is 43.2. The normalized spacial score (nSPS) is 16.3. The third-order valence-electron chi connectivity index (χ3n) is 10.4. The standard InChI is InChI=1S/C46H45N6O9.Fm/c1-29-16-41(58-3)43(20-39(29)48-22-35-17-32(25-51(35)28-54)30-6-10-34(11-7-30)50-45(55)24-47-27-53)60-14-5-15-61-44-21-40-38(19-42(44)59-4)46(56)52-26-33(18-36(52)23-49-40)31-8-12-37(57-2)13-9-31;/h6-13,16,19-23,25-26,28,35-36H,5,14-15,17-18,24H2,1-4H3,(H,47,53)(H,50,55);/q-1;. The van der Waals surface area contributed by atoms with E-state index in [4.69, 9.17) is 33.7 Å². The number of fused-ring (bicyclic) bond motifs is 2. The van der Waals surface area contributed by atoms with Crippen molar-refractivity contribution >= 4 is 65.3 Å². The first-order valence-corrected chi connectivity index (χ1v) is 19.6. The van der Waals surface area contributed by atoms with Gasteiger partial charge in [-0.05, 0) is 71.2 Å². The van der Waals surface area contributed by atoms with Gasteiger partial charge in [-0.1, -0.05) is 24.3 Å². The number of benzene rings is 4. The number of carbonyl (C=O) groups excluding carboxylic acids is 4. The quantitative estimate of drug-likeness (QED) is 0.0376. The molecule has 0 aliphatic carbocycles. The first-order valence-electron chi connectivity index (χ1n) is 19.6. The van der Waals surface area contributed by atoms with Gasteiger partial charge in [-0.2, -0.15) is 6.41 Å². The minimum absolute atomic E-state index is 0. The Hall–Kier alpha value is -8.42. The SMILES string of the molecule is COc1ccc(C2=CN3C(=O)c4cc(OC)c(OCCCOc5cc(N=CC6CC(c7ccc(NC(=O)CN[C-]=O)cc7)=CN6C=O)c(C)cc5OC)cc4N=CC3C2)cc1.[Fm]. The van der Waals surface area contributed by atoms with Crippen LogP contribution in [0.5, 0.6) is 28.7 Å². The number of hydrogen-bond donors (Lipinski definition) is 2. The molecule has 62 heavy (non-hydrogen) atoms. The summed E-state index contributed by atoms with van der Waals surface area (Å²) in [6.45, 7) is 2.34. The number of rotatable bonds is 18.